The van der Waals surface area contributed by atoms with Crippen molar-refractivity contribution in [3.63, 3.8) is 0 Å². The third-order valence-electron chi connectivity index (χ3n) is 5.38. The summed E-state index contributed by atoms with van der Waals surface area (Å²) in [6.45, 7) is 1.89. The van der Waals surface area contributed by atoms with Gasteiger partial charge in [-0.3, -0.25) is 4.90 Å². The second-order valence-electron chi connectivity index (χ2n) is 7.74. The first kappa shape index (κ1) is 34.0. The summed E-state index contributed by atoms with van der Waals surface area (Å²) in [7, 11) is 4.15. The summed E-state index contributed by atoms with van der Waals surface area (Å²) < 4.78 is 43.3. The molecule has 0 bridgehead atoms. The number of hydrogen-bond donors (Lipinski definition) is 3. The summed E-state index contributed by atoms with van der Waals surface area (Å²) in [5, 5.41) is 29.9. The molecule has 0 saturated carbocycles. The van der Waals surface area contributed by atoms with Crippen molar-refractivity contribution >= 4 is 17.6 Å². The minimum atomic E-state index is -2.62. The molecule has 0 aliphatic rings. The van der Waals surface area contributed by atoms with Crippen molar-refractivity contribution in [3.05, 3.63) is 0 Å². The second-order valence-corrected chi connectivity index (χ2v) is 13.9. The van der Waals surface area contributed by atoms with Crippen LogP contribution in [0.1, 0.15) is 12.8 Å². The molecule has 3 N–H and O–H groups in total. The smallest absolute Gasteiger partial charge is 0.395 e. The van der Waals surface area contributed by atoms with Crippen LogP contribution in [0.4, 0.5) is 0 Å². The average molecular weight is 534 g/mol. The Morgan fingerprint density at radius 1 is 0.647 bits per heavy atom. The lowest BCUT2D eigenvalue weighted by Crippen LogP contribution is -2.43. The van der Waals surface area contributed by atoms with Gasteiger partial charge in [0, 0.05) is 87.6 Å². The van der Waals surface area contributed by atoms with Crippen molar-refractivity contribution in [2.75, 3.05) is 95.3 Å². The van der Waals surface area contributed by atoms with Crippen LogP contribution in [0.5, 0.6) is 0 Å². The molecule has 34 heavy (non-hydrogen) atoms. The van der Waals surface area contributed by atoms with Crippen LogP contribution in [-0.4, -0.2) is 145 Å². The number of ether oxygens (including phenoxy) is 2. The van der Waals surface area contributed by atoms with E-state index in [1.165, 1.54) is 0 Å². The number of rotatable bonds is 24. The van der Waals surface area contributed by atoms with E-state index in [-0.39, 0.29) is 32.9 Å². The van der Waals surface area contributed by atoms with Gasteiger partial charge in [-0.05, 0) is 12.8 Å². The molecule has 0 spiro atoms. The highest BCUT2D eigenvalue weighted by Crippen LogP contribution is 2.15. The Kier molecular flexibility index (Phi) is 20.0. The van der Waals surface area contributed by atoms with Gasteiger partial charge in [0.25, 0.3) is 0 Å². The third-order valence-corrected chi connectivity index (χ3v) is 11.0. The summed E-state index contributed by atoms with van der Waals surface area (Å²) in [5.74, 6) is 0. The maximum absolute atomic E-state index is 10.3. The van der Waals surface area contributed by atoms with E-state index in [2.05, 4.69) is 0 Å². The second kappa shape index (κ2) is 20.1. The Morgan fingerprint density at radius 3 is 1.29 bits per heavy atom. The van der Waals surface area contributed by atoms with Gasteiger partial charge >= 0.3 is 17.6 Å². The molecular weight excluding hydrogens is 486 g/mol. The SMILES string of the molecule is CO[Si](CCCOCC(O)CN(CCO)CC(O)COCCC[Si](OC)(OC)OC)(OC)OC. The number of aliphatic hydroxyl groups is 3. The van der Waals surface area contributed by atoms with Crippen molar-refractivity contribution in [2.24, 2.45) is 0 Å². The van der Waals surface area contributed by atoms with Crippen LogP contribution in [0.15, 0.2) is 0 Å². The first-order valence-corrected chi connectivity index (χ1v) is 15.3. The lowest BCUT2D eigenvalue weighted by Gasteiger charge is -2.27. The standard InChI is InChI=1S/C20H47NO11Si2/c1-25-33(26-2,27-3)13-7-11-31-17-19(23)15-21(9-10-22)16-20(24)18-32-12-8-14-34(28-4,29-5)30-6/h19-20,22-24H,7-18H2,1-6H3. The fourth-order valence-electron chi connectivity index (χ4n) is 3.43. The van der Waals surface area contributed by atoms with Gasteiger partial charge in [0.05, 0.1) is 32.0 Å². The van der Waals surface area contributed by atoms with E-state index < -0.39 is 29.8 Å². The van der Waals surface area contributed by atoms with Gasteiger partial charge in [-0.15, -0.1) is 0 Å². The molecule has 0 fully saturated rings. The van der Waals surface area contributed by atoms with E-state index >= 15 is 0 Å². The van der Waals surface area contributed by atoms with E-state index in [1.807, 2.05) is 0 Å². The molecule has 14 heteroatoms. The minimum Gasteiger partial charge on any atom is -0.395 e. The van der Waals surface area contributed by atoms with Crippen molar-refractivity contribution in [1.82, 2.24) is 4.90 Å². The Hall–Kier alpha value is -0.0462. The molecule has 0 aliphatic heterocycles. The van der Waals surface area contributed by atoms with E-state index in [0.717, 1.165) is 0 Å². The van der Waals surface area contributed by atoms with Gasteiger partial charge in [-0.25, -0.2) is 0 Å². The van der Waals surface area contributed by atoms with Gasteiger partial charge in [-0.2, -0.15) is 0 Å². The highest BCUT2D eigenvalue weighted by molar-refractivity contribution is 6.60. The predicted molar refractivity (Wildman–Crippen MR) is 130 cm³/mol. The average Bonchev–Trinajstić information content (AvgIpc) is 2.84. The zero-order valence-corrected chi connectivity index (χ0v) is 23.7. The Morgan fingerprint density at radius 2 is 1.00 bits per heavy atom. The molecule has 0 aromatic carbocycles. The van der Waals surface area contributed by atoms with Gasteiger partial charge in [0.1, 0.15) is 0 Å². The minimum absolute atomic E-state index is 0.0866. The third kappa shape index (κ3) is 13.9. The molecule has 2 unspecified atom stereocenters. The molecule has 0 aliphatic carbocycles. The van der Waals surface area contributed by atoms with Crippen molar-refractivity contribution in [3.8, 4) is 0 Å². The quantitative estimate of drug-likeness (QED) is 0.110. The highest BCUT2D eigenvalue weighted by atomic mass is 28.4. The van der Waals surface area contributed by atoms with Crippen molar-refractivity contribution < 1.29 is 51.3 Å². The summed E-state index contributed by atoms with van der Waals surface area (Å²) in [5.41, 5.74) is 0. The van der Waals surface area contributed by atoms with Crippen LogP contribution < -0.4 is 0 Å². The number of hydrogen-bond acceptors (Lipinski definition) is 12. The van der Waals surface area contributed by atoms with Crippen LogP contribution in [0, 0.1) is 0 Å². The molecule has 0 saturated heterocycles. The van der Waals surface area contributed by atoms with E-state index in [9.17, 15) is 15.3 Å². The van der Waals surface area contributed by atoms with Gasteiger partial charge in [-0.1, -0.05) is 0 Å². The molecule has 0 amide bonds. The van der Waals surface area contributed by atoms with Gasteiger partial charge in [0.2, 0.25) is 0 Å². The maximum Gasteiger partial charge on any atom is 0.500 e. The Balaban J connectivity index is 4.19. The Labute approximate surface area is 206 Å². The zero-order chi connectivity index (χ0) is 25.9. The fraction of sp³-hybridized carbons (Fsp3) is 1.00. The summed E-state index contributed by atoms with van der Waals surface area (Å²) in [6, 6.07) is 1.22. The normalized spacial score (nSPS) is 14.6. The molecule has 0 aromatic rings. The molecule has 0 aromatic heterocycles. The van der Waals surface area contributed by atoms with Gasteiger partial charge < -0.3 is 51.3 Å². The maximum atomic E-state index is 10.3. The largest absolute Gasteiger partial charge is 0.500 e. The first-order chi connectivity index (χ1) is 16.3. The zero-order valence-electron chi connectivity index (χ0n) is 21.7. The number of aliphatic hydroxyl groups excluding tert-OH is 3. The van der Waals surface area contributed by atoms with E-state index in [0.29, 0.717) is 44.7 Å². The highest BCUT2D eigenvalue weighted by Gasteiger charge is 2.37. The monoisotopic (exact) mass is 533 g/mol. The Bertz CT molecular complexity index is 419. The molecule has 0 radical (unpaired) electrons. The summed E-state index contributed by atoms with van der Waals surface area (Å²) in [4.78, 5) is 1.78. The lowest BCUT2D eigenvalue weighted by molar-refractivity contribution is -0.0136. The van der Waals surface area contributed by atoms with Crippen LogP contribution in [0.25, 0.3) is 0 Å². The van der Waals surface area contributed by atoms with Crippen LogP contribution >= 0.6 is 0 Å². The molecule has 0 heterocycles. The molecule has 206 valence electrons. The topological polar surface area (TPSA) is 138 Å². The van der Waals surface area contributed by atoms with E-state index in [4.69, 9.17) is 36.0 Å². The van der Waals surface area contributed by atoms with Crippen molar-refractivity contribution in [2.45, 2.75) is 37.1 Å². The van der Waals surface area contributed by atoms with Crippen LogP contribution in [-0.2, 0) is 36.0 Å². The molecule has 0 rings (SSSR count). The first-order valence-electron chi connectivity index (χ1n) is 11.5. The fourth-order valence-corrected chi connectivity index (χ4v) is 6.81. The van der Waals surface area contributed by atoms with Crippen LogP contribution in [0.3, 0.4) is 0 Å². The van der Waals surface area contributed by atoms with E-state index in [1.54, 1.807) is 47.6 Å². The van der Waals surface area contributed by atoms with Crippen molar-refractivity contribution in [1.29, 1.82) is 0 Å². The van der Waals surface area contributed by atoms with Gasteiger partial charge in [0.15, 0.2) is 0 Å². The molecule has 12 nitrogen and oxygen atoms in total. The lowest BCUT2D eigenvalue weighted by atomic mass is 10.3. The number of nitrogens with zero attached hydrogens (tertiary/aromatic N) is 1. The molecular formula is C20H47NO11Si2. The summed E-state index contributed by atoms with van der Waals surface area (Å²) >= 11 is 0. The summed E-state index contributed by atoms with van der Waals surface area (Å²) in [6.07, 6.45) is -0.172. The predicted octanol–water partition coefficient (Wildman–Crippen LogP) is -0.428. The molecule has 2 atom stereocenters. The van der Waals surface area contributed by atoms with Crippen LogP contribution in [0.2, 0.25) is 12.1 Å².